The number of hydrogen-bond donors (Lipinski definition) is 4. The molecule has 0 amide bonds. The quantitative estimate of drug-likeness (QED) is 0.428. The molecule has 7 heteroatoms. The Morgan fingerprint density at radius 1 is 1.50 bits per heavy atom. The van der Waals surface area contributed by atoms with Crippen molar-refractivity contribution in [2.24, 2.45) is 0 Å². The van der Waals surface area contributed by atoms with Crippen LogP contribution in [0.25, 0.3) is 0 Å². The minimum atomic E-state index is -3.70. The smallest absolute Gasteiger partial charge is 0.240 e. The van der Waals surface area contributed by atoms with E-state index in [9.17, 15) is 8.42 Å². The van der Waals surface area contributed by atoms with Crippen LogP contribution in [-0.4, -0.2) is 31.3 Å². The maximum atomic E-state index is 11.6. The van der Waals surface area contributed by atoms with E-state index in [1.807, 2.05) is 0 Å². The van der Waals surface area contributed by atoms with Crippen LogP contribution in [0.5, 0.6) is 5.75 Å². The molecule has 0 saturated heterocycles. The predicted octanol–water partition coefficient (Wildman–Crippen LogP) is -0.367. The number of nitrogen functional groups attached to an aromatic ring is 1. The maximum absolute atomic E-state index is 11.6. The number of aliphatic hydroxyl groups is 1. The molecule has 5 N–H and O–H groups in total. The minimum Gasteiger partial charge on any atom is -0.506 e. The van der Waals surface area contributed by atoms with Crippen LogP contribution >= 0.6 is 0 Å². The maximum Gasteiger partial charge on any atom is 0.240 e. The number of nitrogens with one attached hydrogen (secondary N) is 1. The fourth-order valence-electron chi connectivity index (χ4n) is 1.01. The Kier molecular flexibility index (Phi) is 3.74. The number of benzene rings is 1. The van der Waals surface area contributed by atoms with Gasteiger partial charge in [-0.05, 0) is 25.1 Å². The molecule has 90 valence electrons. The molecule has 16 heavy (non-hydrogen) atoms. The van der Waals surface area contributed by atoms with Crippen molar-refractivity contribution in [1.29, 1.82) is 0 Å². The molecule has 1 rings (SSSR count). The third-order valence-corrected chi connectivity index (χ3v) is 3.30. The zero-order chi connectivity index (χ0) is 12.3. The summed E-state index contributed by atoms with van der Waals surface area (Å²) in [6, 6.07) is 3.59. The summed E-state index contributed by atoms with van der Waals surface area (Å²) in [5.41, 5.74) is 5.37. The Morgan fingerprint density at radius 3 is 2.62 bits per heavy atom. The summed E-state index contributed by atoms with van der Waals surface area (Å²) in [7, 11) is -3.70. The Hall–Kier alpha value is -1.31. The third kappa shape index (κ3) is 3.09. The van der Waals surface area contributed by atoms with Crippen molar-refractivity contribution in [2.75, 3.05) is 12.3 Å². The number of phenolic OH excluding ortho intramolecular Hbond substituents is 1. The van der Waals surface area contributed by atoms with Crippen molar-refractivity contribution in [3.63, 3.8) is 0 Å². The predicted molar refractivity (Wildman–Crippen MR) is 59.4 cm³/mol. The molecular formula is C9H14N2O4S. The molecule has 0 fully saturated rings. The molecule has 1 atom stereocenters. The van der Waals surface area contributed by atoms with E-state index in [1.54, 1.807) is 0 Å². The van der Waals surface area contributed by atoms with E-state index in [-0.39, 0.29) is 22.9 Å². The van der Waals surface area contributed by atoms with Crippen LogP contribution in [0, 0.1) is 0 Å². The van der Waals surface area contributed by atoms with Gasteiger partial charge in [0.25, 0.3) is 0 Å². The second kappa shape index (κ2) is 4.69. The van der Waals surface area contributed by atoms with Gasteiger partial charge in [-0.3, -0.25) is 0 Å². The van der Waals surface area contributed by atoms with Gasteiger partial charge >= 0.3 is 0 Å². The largest absolute Gasteiger partial charge is 0.506 e. The average Bonchev–Trinajstić information content (AvgIpc) is 2.19. The van der Waals surface area contributed by atoms with Crippen molar-refractivity contribution in [3.05, 3.63) is 18.2 Å². The second-order valence-corrected chi connectivity index (χ2v) is 5.19. The number of nitrogens with two attached hydrogens (primary N) is 1. The van der Waals surface area contributed by atoms with E-state index in [1.165, 1.54) is 19.1 Å². The normalized spacial score (nSPS) is 13.6. The molecule has 0 bridgehead atoms. The summed E-state index contributed by atoms with van der Waals surface area (Å²) < 4.78 is 25.5. The van der Waals surface area contributed by atoms with Gasteiger partial charge in [-0.15, -0.1) is 0 Å². The minimum absolute atomic E-state index is 0.0140. The van der Waals surface area contributed by atoms with Crippen molar-refractivity contribution < 1.29 is 18.6 Å². The van der Waals surface area contributed by atoms with Gasteiger partial charge in [0.05, 0.1) is 16.7 Å². The van der Waals surface area contributed by atoms with E-state index in [4.69, 9.17) is 15.9 Å². The molecular weight excluding hydrogens is 232 g/mol. The molecule has 0 heterocycles. The highest BCUT2D eigenvalue weighted by Gasteiger charge is 2.15. The SMILES string of the molecule is CC(O)CNS(=O)(=O)c1ccc(O)c(N)c1. The molecule has 0 saturated carbocycles. The Balaban J connectivity index is 2.94. The number of hydrogen-bond acceptors (Lipinski definition) is 5. The summed E-state index contributed by atoms with van der Waals surface area (Å²) in [6.07, 6.45) is -0.774. The molecule has 1 unspecified atom stereocenters. The van der Waals surface area contributed by atoms with Crippen molar-refractivity contribution in [2.45, 2.75) is 17.9 Å². The number of phenols is 1. The van der Waals surface area contributed by atoms with Crippen molar-refractivity contribution in [1.82, 2.24) is 4.72 Å². The summed E-state index contributed by atoms with van der Waals surface area (Å²) >= 11 is 0. The Labute approximate surface area is 93.8 Å². The highest BCUT2D eigenvalue weighted by molar-refractivity contribution is 7.89. The number of sulfonamides is 1. The van der Waals surface area contributed by atoms with Crippen LogP contribution in [0.1, 0.15) is 6.92 Å². The fraction of sp³-hybridized carbons (Fsp3) is 0.333. The van der Waals surface area contributed by atoms with Gasteiger partial charge in [-0.1, -0.05) is 0 Å². The Morgan fingerprint density at radius 2 is 2.12 bits per heavy atom. The van der Waals surface area contributed by atoms with Crippen LogP contribution in [-0.2, 0) is 10.0 Å². The van der Waals surface area contributed by atoms with Crippen LogP contribution < -0.4 is 10.5 Å². The molecule has 1 aromatic rings. The fourth-order valence-corrected chi connectivity index (χ4v) is 2.17. The van der Waals surface area contributed by atoms with Gasteiger partial charge in [0.2, 0.25) is 10.0 Å². The highest BCUT2D eigenvalue weighted by Crippen LogP contribution is 2.22. The van der Waals surface area contributed by atoms with Crippen LogP contribution in [0.4, 0.5) is 5.69 Å². The molecule has 0 aliphatic carbocycles. The van der Waals surface area contributed by atoms with Gasteiger partial charge in [-0.25, -0.2) is 13.1 Å². The average molecular weight is 246 g/mol. The van der Waals surface area contributed by atoms with Gasteiger partial charge in [0, 0.05) is 6.54 Å². The van der Waals surface area contributed by atoms with Crippen LogP contribution in [0.2, 0.25) is 0 Å². The van der Waals surface area contributed by atoms with E-state index in [2.05, 4.69) is 4.72 Å². The molecule has 6 nitrogen and oxygen atoms in total. The van der Waals surface area contributed by atoms with Crippen LogP contribution in [0.3, 0.4) is 0 Å². The topological polar surface area (TPSA) is 113 Å². The van der Waals surface area contributed by atoms with E-state index in [0.29, 0.717) is 0 Å². The lowest BCUT2D eigenvalue weighted by atomic mass is 10.3. The summed E-state index contributed by atoms with van der Waals surface area (Å²) in [6.45, 7) is 1.39. The lowest BCUT2D eigenvalue weighted by Gasteiger charge is -2.09. The summed E-state index contributed by atoms with van der Waals surface area (Å²) in [5, 5.41) is 18.1. The third-order valence-electron chi connectivity index (χ3n) is 1.88. The first kappa shape index (κ1) is 12.8. The first-order valence-electron chi connectivity index (χ1n) is 4.59. The Bertz CT molecular complexity index is 470. The van der Waals surface area contributed by atoms with Crippen molar-refractivity contribution in [3.8, 4) is 5.75 Å². The zero-order valence-electron chi connectivity index (χ0n) is 8.71. The van der Waals surface area contributed by atoms with Gasteiger partial charge in [0.1, 0.15) is 5.75 Å². The summed E-state index contributed by atoms with van der Waals surface area (Å²) in [4.78, 5) is -0.0524. The first-order chi connectivity index (χ1) is 7.33. The number of aromatic hydroxyl groups is 1. The number of aliphatic hydroxyl groups excluding tert-OH is 1. The standard InChI is InChI=1S/C9H14N2O4S/c1-6(12)5-11-16(14,15)7-2-3-9(13)8(10)4-7/h2-4,6,11-13H,5,10H2,1H3. The van der Waals surface area contributed by atoms with E-state index < -0.39 is 16.1 Å². The molecule has 0 aliphatic heterocycles. The van der Waals surface area contributed by atoms with Crippen LogP contribution in [0.15, 0.2) is 23.1 Å². The lowest BCUT2D eigenvalue weighted by molar-refractivity contribution is 0.198. The van der Waals surface area contributed by atoms with Gasteiger partial charge < -0.3 is 15.9 Å². The molecule has 0 aliphatic rings. The molecule has 0 spiro atoms. The monoisotopic (exact) mass is 246 g/mol. The number of anilines is 1. The molecule has 0 aromatic heterocycles. The lowest BCUT2D eigenvalue weighted by Crippen LogP contribution is -2.30. The molecule has 1 aromatic carbocycles. The second-order valence-electron chi connectivity index (χ2n) is 3.42. The number of rotatable bonds is 4. The first-order valence-corrected chi connectivity index (χ1v) is 6.07. The highest BCUT2D eigenvalue weighted by atomic mass is 32.2. The molecule has 0 radical (unpaired) electrons. The van der Waals surface area contributed by atoms with E-state index >= 15 is 0 Å². The van der Waals surface area contributed by atoms with E-state index in [0.717, 1.165) is 6.07 Å². The summed E-state index contributed by atoms with van der Waals surface area (Å²) in [5.74, 6) is -0.172. The van der Waals surface area contributed by atoms with Gasteiger partial charge in [0.15, 0.2) is 0 Å². The van der Waals surface area contributed by atoms with Gasteiger partial charge in [-0.2, -0.15) is 0 Å². The van der Waals surface area contributed by atoms with Crippen molar-refractivity contribution >= 4 is 15.7 Å². The zero-order valence-corrected chi connectivity index (χ0v) is 9.53.